The maximum Gasteiger partial charge on any atom is 0.164 e. The second-order valence-electron chi connectivity index (χ2n) is 14.6. The van der Waals surface area contributed by atoms with Gasteiger partial charge in [-0.05, 0) is 59.7 Å². The Balaban J connectivity index is 1.02. The Bertz CT molecular complexity index is 3570. The molecule has 0 N–H and O–H groups in total. The lowest BCUT2D eigenvalue weighted by Crippen LogP contribution is -2.00. The molecule has 0 saturated carbocycles. The highest BCUT2D eigenvalue weighted by molar-refractivity contribution is 7.25. The number of benzene rings is 8. The van der Waals surface area contributed by atoms with Gasteiger partial charge < -0.3 is 4.42 Å². The summed E-state index contributed by atoms with van der Waals surface area (Å²) < 4.78 is 9.02. The summed E-state index contributed by atoms with van der Waals surface area (Å²) in [5.74, 6) is 1.90. The van der Waals surface area contributed by atoms with E-state index in [2.05, 4.69) is 146 Å². The summed E-state index contributed by atoms with van der Waals surface area (Å²) in [6, 6.07) is 63.2. The van der Waals surface area contributed by atoms with Gasteiger partial charge in [-0.25, -0.2) is 19.9 Å². The molecule has 270 valence electrons. The summed E-state index contributed by atoms with van der Waals surface area (Å²) in [5.41, 5.74) is 9.63. The summed E-state index contributed by atoms with van der Waals surface area (Å²) in [4.78, 5) is 20.4. The van der Waals surface area contributed by atoms with Crippen molar-refractivity contribution < 1.29 is 4.42 Å². The number of aromatic nitrogens is 4. The van der Waals surface area contributed by atoms with Crippen molar-refractivity contribution in [3.05, 3.63) is 182 Å². The first-order chi connectivity index (χ1) is 28.7. The molecule has 58 heavy (non-hydrogen) atoms. The number of thiophene rings is 1. The topological polar surface area (TPSA) is 64.7 Å². The summed E-state index contributed by atoms with van der Waals surface area (Å²) in [6.45, 7) is 0. The quantitative estimate of drug-likeness (QED) is 0.164. The van der Waals surface area contributed by atoms with Gasteiger partial charge in [0.15, 0.2) is 17.5 Å². The Labute approximate surface area is 336 Å². The van der Waals surface area contributed by atoms with Crippen molar-refractivity contribution in [1.29, 1.82) is 0 Å². The van der Waals surface area contributed by atoms with Gasteiger partial charge in [0.05, 0.1) is 11.2 Å². The first-order valence-corrected chi connectivity index (χ1v) is 20.1. The van der Waals surface area contributed by atoms with E-state index in [1.54, 1.807) is 11.3 Å². The Hall–Kier alpha value is -7.54. The lowest BCUT2D eigenvalue weighted by atomic mass is 9.95. The Morgan fingerprint density at radius 3 is 1.74 bits per heavy atom. The number of pyridine rings is 1. The Morgan fingerprint density at radius 2 is 0.914 bits per heavy atom. The van der Waals surface area contributed by atoms with Gasteiger partial charge in [-0.3, -0.25) is 0 Å². The van der Waals surface area contributed by atoms with Crippen molar-refractivity contribution in [2.24, 2.45) is 0 Å². The third-order valence-electron chi connectivity index (χ3n) is 11.1. The Morgan fingerprint density at radius 1 is 0.328 bits per heavy atom. The average molecular weight is 759 g/mol. The third-order valence-corrected chi connectivity index (χ3v) is 12.2. The minimum Gasteiger partial charge on any atom is -0.456 e. The van der Waals surface area contributed by atoms with Crippen LogP contribution in [0.3, 0.4) is 0 Å². The van der Waals surface area contributed by atoms with E-state index in [0.717, 1.165) is 82.7 Å². The zero-order valence-corrected chi connectivity index (χ0v) is 31.7. The fraction of sp³-hybridized carbons (Fsp3) is 0. The number of fused-ring (bicyclic) bond motifs is 10. The Kier molecular flexibility index (Phi) is 7.33. The van der Waals surface area contributed by atoms with Gasteiger partial charge in [-0.15, -0.1) is 11.3 Å². The van der Waals surface area contributed by atoms with Crippen molar-refractivity contribution in [2.45, 2.75) is 0 Å². The average Bonchev–Trinajstić information content (AvgIpc) is 3.87. The van der Waals surface area contributed by atoms with Crippen LogP contribution in [0, 0.1) is 0 Å². The van der Waals surface area contributed by atoms with Gasteiger partial charge in [0.25, 0.3) is 0 Å². The molecule has 12 aromatic rings. The minimum absolute atomic E-state index is 0.621. The smallest absolute Gasteiger partial charge is 0.164 e. The molecule has 0 spiro atoms. The van der Waals surface area contributed by atoms with Gasteiger partial charge in [0.1, 0.15) is 11.2 Å². The van der Waals surface area contributed by atoms with Crippen LogP contribution in [0.5, 0.6) is 0 Å². The van der Waals surface area contributed by atoms with Crippen LogP contribution in [0.15, 0.2) is 186 Å². The zero-order valence-electron chi connectivity index (χ0n) is 30.9. The number of hydrogen-bond acceptors (Lipinski definition) is 6. The summed E-state index contributed by atoms with van der Waals surface area (Å²) in [6.07, 6.45) is 0. The molecule has 6 heteroatoms. The van der Waals surface area contributed by atoms with Crippen molar-refractivity contribution >= 4 is 75.1 Å². The number of rotatable bonds is 5. The molecule has 0 fully saturated rings. The fourth-order valence-electron chi connectivity index (χ4n) is 8.36. The highest BCUT2D eigenvalue weighted by Gasteiger charge is 2.19. The number of hydrogen-bond donors (Lipinski definition) is 0. The van der Waals surface area contributed by atoms with Crippen molar-refractivity contribution in [3.63, 3.8) is 0 Å². The van der Waals surface area contributed by atoms with Crippen LogP contribution in [0.4, 0.5) is 0 Å². The van der Waals surface area contributed by atoms with Crippen LogP contribution in [0.1, 0.15) is 0 Å². The zero-order chi connectivity index (χ0) is 38.2. The predicted octanol–water partition coefficient (Wildman–Crippen LogP) is 14.2. The van der Waals surface area contributed by atoms with E-state index >= 15 is 0 Å². The molecular formula is C52H30N4OS. The van der Waals surface area contributed by atoms with Crippen LogP contribution in [-0.2, 0) is 0 Å². The summed E-state index contributed by atoms with van der Waals surface area (Å²) in [5, 5.41) is 8.00. The largest absolute Gasteiger partial charge is 0.456 e. The standard InChI is InChI=1S/C52H30N4OS/c1-3-12-31(13-4-1)49-40-25-27-44-48(47(40)39-19-7-9-20-42(39)53-49)41-29-34(23-26-43(41)57-44)33-16-11-17-35(28-33)51-54-50(32-14-5-2-6-15-32)55-52(56-51)36-22-24-38-37-18-8-10-21-45(37)58-46(38)30-36/h1-30H. The molecule has 0 aliphatic heterocycles. The molecule has 0 radical (unpaired) electrons. The number of para-hydroxylation sites is 1. The third kappa shape index (κ3) is 5.30. The maximum atomic E-state index is 6.55. The molecule has 5 nitrogen and oxygen atoms in total. The van der Waals surface area contributed by atoms with Gasteiger partial charge in [-0.1, -0.05) is 133 Å². The van der Waals surface area contributed by atoms with Gasteiger partial charge >= 0.3 is 0 Å². The van der Waals surface area contributed by atoms with E-state index in [1.807, 2.05) is 36.4 Å². The molecule has 0 atom stereocenters. The second kappa shape index (κ2) is 13.0. The molecule has 0 aliphatic carbocycles. The van der Waals surface area contributed by atoms with Crippen molar-refractivity contribution in [2.75, 3.05) is 0 Å². The van der Waals surface area contributed by atoms with Crippen LogP contribution in [0.25, 0.3) is 120 Å². The van der Waals surface area contributed by atoms with Crippen molar-refractivity contribution in [1.82, 2.24) is 19.9 Å². The first kappa shape index (κ1) is 32.7. The predicted molar refractivity (Wildman–Crippen MR) is 240 cm³/mol. The second-order valence-corrected chi connectivity index (χ2v) is 15.7. The molecule has 0 aliphatic rings. The van der Waals surface area contributed by atoms with E-state index in [1.165, 1.54) is 20.2 Å². The first-order valence-electron chi connectivity index (χ1n) is 19.3. The van der Waals surface area contributed by atoms with Crippen LogP contribution < -0.4 is 0 Å². The molecule has 4 aromatic heterocycles. The fourth-order valence-corrected chi connectivity index (χ4v) is 9.50. The highest BCUT2D eigenvalue weighted by atomic mass is 32.1. The van der Waals surface area contributed by atoms with Gasteiger partial charge in [0.2, 0.25) is 0 Å². The lowest BCUT2D eigenvalue weighted by Gasteiger charge is -2.11. The maximum absolute atomic E-state index is 6.55. The molecular weight excluding hydrogens is 729 g/mol. The van der Waals surface area contributed by atoms with E-state index in [0.29, 0.717) is 17.5 Å². The lowest BCUT2D eigenvalue weighted by molar-refractivity contribution is 0.669. The van der Waals surface area contributed by atoms with Crippen LogP contribution in [0.2, 0.25) is 0 Å². The molecule has 0 unspecified atom stereocenters. The number of furan rings is 1. The molecule has 8 aromatic carbocycles. The number of nitrogens with zero attached hydrogens (tertiary/aromatic N) is 4. The van der Waals surface area contributed by atoms with Crippen molar-refractivity contribution in [3.8, 4) is 56.5 Å². The van der Waals surface area contributed by atoms with E-state index in [-0.39, 0.29) is 0 Å². The van der Waals surface area contributed by atoms with E-state index in [9.17, 15) is 0 Å². The van der Waals surface area contributed by atoms with Gasteiger partial charge in [-0.2, -0.15) is 0 Å². The normalized spacial score (nSPS) is 11.8. The molecule has 0 bridgehead atoms. The summed E-state index contributed by atoms with van der Waals surface area (Å²) in [7, 11) is 0. The monoisotopic (exact) mass is 758 g/mol. The molecule has 0 saturated heterocycles. The van der Waals surface area contributed by atoms with Crippen LogP contribution >= 0.6 is 11.3 Å². The summed E-state index contributed by atoms with van der Waals surface area (Å²) >= 11 is 1.79. The minimum atomic E-state index is 0.621. The van der Waals surface area contributed by atoms with E-state index < -0.39 is 0 Å². The molecule has 0 amide bonds. The van der Waals surface area contributed by atoms with Crippen LogP contribution in [-0.4, -0.2) is 19.9 Å². The molecule has 12 rings (SSSR count). The van der Waals surface area contributed by atoms with E-state index in [4.69, 9.17) is 24.4 Å². The molecule has 4 heterocycles. The highest BCUT2D eigenvalue weighted by Crippen LogP contribution is 2.43. The SMILES string of the molecule is c1ccc(-c2nc(-c3cccc(-c4ccc5oc6ccc7c(-c8ccccc8)nc8ccccc8c7c6c5c4)c3)nc(-c3ccc4c(c3)sc3ccccc34)n2)cc1. The van der Waals surface area contributed by atoms with Gasteiger partial charge in [0, 0.05) is 69.4 Å².